The van der Waals surface area contributed by atoms with E-state index in [2.05, 4.69) is 5.10 Å². The van der Waals surface area contributed by atoms with E-state index in [1.807, 2.05) is 6.92 Å². The third-order valence-corrected chi connectivity index (χ3v) is 4.84. The van der Waals surface area contributed by atoms with Gasteiger partial charge >= 0.3 is 0 Å². The van der Waals surface area contributed by atoms with E-state index in [1.165, 1.54) is 10.6 Å². The van der Waals surface area contributed by atoms with E-state index in [9.17, 15) is 9.59 Å². The van der Waals surface area contributed by atoms with Crippen molar-refractivity contribution in [2.75, 3.05) is 6.54 Å². The van der Waals surface area contributed by atoms with Gasteiger partial charge in [-0.2, -0.15) is 5.10 Å². The highest BCUT2D eigenvalue weighted by molar-refractivity contribution is 6.30. The number of hydrogen-bond acceptors (Lipinski definition) is 3. The van der Waals surface area contributed by atoms with Crippen molar-refractivity contribution in [3.63, 3.8) is 0 Å². The molecule has 2 aromatic heterocycles. The molecule has 0 spiro atoms. The lowest BCUT2D eigenvalue weighted by Gasteiger charge is -2.25. The molecule has 3 heterocycles. The van der Waals surface area contributed by atoms with Gasteiger partial charge in [0.2, 0.25) is 0 Å². The maximum Gasteiger partial charge on any atom is 0.254 e. The zero-order valence-electron chi connectivity index (χ0n) is 13.4. The second-order valence-electron chi connectivity index (χ2n) is 5.93. The minimum atomic E-state index is -0.192. The molecule has 3 rings (SSSR count). The van der Waals surface area contributed by atoms with E-state index < -0.39 is 0 Å². The quantitative estimate of drug-likeness (QED) is 0.844. The fourth-order valence-electron chi connectivity index (χ4n) is 3.18. The van der Waals surface area contributed by atoms with Crippen LogP contribution in [0.5, 0.6) is 0 Å². The molecule has 0 N–H and O–H groups in total. The molecule has 0 radical (unpaired) electrons. The van der Waals surface area contributed by atoms with Crippen LogP contribution in [0.4, 0.5) is 0 Å². The molecule has 1 aliphatic rings. The number of halogens is 1. The van der Waals surface area contributed by atoms with E-state index in [1.54, 1.807) is 35.9 Å². The second-order valence-corrected chi connectivity index (χ2v) is 6.29. The van der Waals surface area contributed by atoms with Crippen LogP contribution in [0, 0.1) is 6.92 Å². The second kappa shape index (κ2) is 5.85. The van der Waals surface area contributed by atoms with Gasteiger partial charge in [-0.25, -0.2) is 0 Å². The normalized spacial score (nSPS) is 17.7. The average molecular weight is 335 g/mol. The molecule has 6 nitrogen and oxygen atoms in total. The van der Waals surface area contributed by atoms with E-state index >= 15 is 0 Å². The van der Waals surface area contributed by atoms with Crippen LogP contribution in [0.1, 0.15) is 40.5 Å². The van der Waals surface area contributed by atoms with Crippen LogP contribution in [-0.4, -0.2) is 31.7 Å². The first-order valence-corrected chi connectivity index (χ1v) is 7.94. The summed E-state index contributed by atoms with van der Waals surface area (Å²) in [6.45, 7) is 2.56. The molecule has 2 aromatic rings. The third kappa shape index (κ3) is 2.67. The third-order valence-electron chi connectivity index (χ3n) is 4.39. The largest absolute Gasteiger partial charge is 0.331 e. The highest BCUT2D eigenvalue weighted by atomic mass is 35.5. The lowest BCUT2D eigenvalue weighted by molar-refractivity contribution is 0.0735. The van der Waals surface area contributed by atoms with E-state index in [0.29, 0.717) is 17.3 Å². The van der Waals surface area contributed by atoms with Crippen LogP contribution in [-0.2, 0) is 14.1 Å². The van der Waals surface area contributed by atoms with Crippen LogP contribution in [0.2, 0.25) is 5.15 Å². The lowest BCUT2D eigenvalue weighted by Crippen LogP contribution is -2.32. The van der Waals surface area contributed by atoms with Crippen LogP contribution >= 0.6 is 11.6 Å². The Morgan fingerprint density at radius 2 is 2.13 bits per heavy atom. The first-order valence-electron chi connectivity index (χ1n) is 7.56. The number of carbonyl (C=O) groups excluding carboxylic acids is 1. The molecule has 0 bridgehead atoms. The molecule has 0 aliphatic carbocycles. The fourth-order valence-corrected chi connectivity index (χ4v) is 3.48. The molecular formula is C16H19ClN4O2. The predicted molar refractivity (Wildman–Crippen MR) is 87.6 cm³/mol. The Morgan fingerprint density at radius 1 is 1.39 bits per heavy atom. The van der Waals surface area contributed by atoms with E-state index in [-0.39, 0.29) is 17.5 Å². The number of nitrogens with zero attached hydrogens (tertiary/aromatic N) is 4. The number of likely N-dealkylation sites (tertiary alicyclic amines) is 1. The van der Waals surface area contributed by atoms with Crippen molar-refractivity contribution >= 4 is 17.5 Å². The molecule has 1 amide bonds. The van der Waals surface area contributed by atoms with Gasteiger partial charge in [-0.05, 0) is 25.8 Å². The van der Waals surface area contributed by atoms with Crippen molar-refractivity contribution in [1.82, 2.24) is 19.2 Å². The average Bonchev–Trinajstić information content (AvgIpc) is 3.06. The molecule has 23 heavy (non-hydrogen) atoms. The van der Waals surface area contributed by atoms with Gasteiger partial charge in [-0.15, -0.1) is 0 Å². The molecule has 1 fully saturated rings. The number of rotatable bonds is 2. The maximum atomic E-state index is 12.8. The summed E-state index contributed by atoms with van der Waals surface area (Å²) >= 11 is 6.37. The van der Waals surface area contributed by atoms with Crippen molar-refractivity contribution in [3.8, 4) is 0 Å². The van der Waals surface area contributed by atoms with Crippen LogP contribution < -0.4 is 5.56 Å². The number of carbonyl (C=O) groups is 1. The van der Waals surface area contributed by atoms with Gasteiger partial charge in [0, 0.05) is 44.0 Å². The summed E-state index contributed by atoms with van der Waals surface area (Å²) in [7, 11) is 3.45. The van der Waals surface area contributed by atoms with Gasteiger partial charge in [0.15, 0.2) is 0 Å². The van der Waals surface area contributed by atoms with E-state index in [4.69, 9.17) is 11.6 Å². The number of pyridine rings is 1. The fraction of sp³-hybridized carbons (Fsp3) is 0.438. The highest BCUT2D eigenvalue weighted by Gasteiger charge is 2.34. The Labute approximate surface area is 139 Å². The topological polar surface area (TPSA) is 60.1 Å². The predicted octanol–water partition coefficient (Wildman–Crippen LogP) is 2.06. The van der Waals surface area contributed by atoms with Crippen molar-refractivity contribution in [3.05, 3.63) is 50.7 Å². The lowest BCUT2D eigenvalue weighted by atomic mass is 10.1. The zero-order chi connectivity index (χ0) is 16.7. The van der Waals surface area contributed by atoms with Crippen molar-refractivity contribution in [1.29, 1.82) is 0 Å². The molecule has 0 unspecified atom stereocenters. The van der Waals surface area contributed by atoms with E-state index in [0.717, 1.165) is 24.1 Å². The molecular weight excluding hydrogens is 316 g/mol. The van der Waals surface area contributed by atoms with Crippen LogP contribution in [0.25, 0.3) is 0 Å². The van der Waals surface area contributed by atoms with Crippen molar-refractivity contribution < 1.29 is 4.79 Å². The smallest absolute Gasteiger partial charge is 0.254 e. The van der Waals surface area contributed by atoms with Crippen molar-refractivity contribution in [2.45, 2.75) is 25.8 Å². The summed E-state index contributed by atoms with van der Waals surface area (Å²) < 4.78 is 3.08. The molecule has 1 atom stereocenters. The minimum absolute atomic E-state index is 0.0900. The Bertz CT molecular complexity index is 824. The summed E-state index contributed by atoms with van der Waals surface area (Å²) in [6.07, 6.45) is 3.37. The Hall–Kier alpha value is -2.08. The number of aryl methyl sites for hydroxylation is 3. The molecule has 0 aromatic carbocycles. The Morgan fingerprint density at radius 3 is 2.74 bits per heavy atom. The summed E-state index contributed by atoms with van der Waals surface area (Å²) in [5.41, 5.74) is 1.97. The number of aromatic nitrogens is 3. The Kier molecular flexibility index (Phi) is 4.02. The Balaban J connectivity index is 1.96. The summed E-state index contributed by atoms with van der Waals surface area (Å²) in [5, 5.41) is 4.91. The van der Waals surface area contributed by atoms with Gasteiger partial charge in [-0.1, -0.05) is 11.6 Å². The molecule has 122 valence electrons. The maximum absolute atomic E-state index is 12.8. The van der Waals surface area contributed by atoms with Gasteiger partial charge < -0.3 is 9.47 Å². The first-order chi connectivity index (χ1) is 10.9. The first kappa shape index (κ1) is 15.8. The zero-order valence-corrected chi connectivity index (χ0v) is 14.2. The molecule has 7 heteroatoms. The summed E-state index contributed by atoms with van der Waals surface area (Å²) in [4.78, 5) is 26.4. The van der Waals surface area contributed by atoms with Gasteiger partial charge in [0.05, 0.1) is 11.7 Å². The monoisotopic (exact) mass is 334 g/mol. The number of hydrogen-bond donors (Lipinski definition) is 0. The van der Waals surface area contributed by atoms with Gasteiger partial charge in [0.25, 0.3) is 11.5 Å². The summed E-state index contributed by atoms with van der Waals surface area (Å²) in [5.74, 6) is -0.135. The molecule has 1 saturated heterocycles. The molecule has 0 saturated carbocycles. The van der Waals surface area contributed by atoms with Crippen LogP contribution in [0.3, 0.4) is 0 Å². The van der Waals surface area contributed by atoms with Crippen molar-refractivity contribution in [2.24, 2.45) is 14.1 Å². The van der Waals surface area contributed by atoms with Gasteiger partial charge in [-0.3, -0.25) is 14.3 Å². The van der Waals surface area contributed by atoms with Crippen LogP contribution in [0.15, 0.2) is 23.1 Å². The summed E-state index contributed by atoms with van der Waals surface area (Å²) in [6, 6.07) is 2.97. The highest BCUT2D eigenvalue weighted by Crippen LogP contribution is 2.38. The SMILES string of the molecule is Cc1nn(C)c(Cl)c1[C@@H]1CCCN1C(=O)c1ccn(C)c(=O)c1. The number of amides is 1. The van der Waals surface area contributed by atoms with Gasteiger partial charge in [0.1, 0.15) is 5.15 Å². The standard InChI is InChI=1S/C16H19ClN4O2/c1-10-14(15(17)20(3)18-10)12-5-4-7-21(12)16(23)11-6-8-19(2)13(22)9-11/h6,8-9,12H,4-5,7H2,1-3H3/t12-/m0/s1. The minimum Gasteiger partial charge on any atom is -0.331 e. The molecule has 1 aliphatic heterocycles.